The Kier molecular flexibility index (Phi) is 7.15. The Labute approximate surface area is 458 Å². The van der Waals surface area contributed by atoms with Crippen LogP contribution in [0.2, 0.25) is 0 Å². The number of phenols is 1. The standard InChI is InChI=1S/C63H70N3O.Pt/c1-59(2,3)39-40-24-26-41(27-25-40)43-30-31-64-53(35-43)45-32-44(33-47(34-45)61(7,8)9)49-22-19-23-55-56(49)65-58(51-37-48(62(10,11)12)38-52(57(51)67)63(13,14)15)66(55)54-29-28-46(60(4,5)6)36-50(54)42-20-17-16-18-21-42;/h16-31,33-38,67H,39H2,1-15H3;/q-1;/i10D3,11D3,12D3,13D3,14D3,15D3,26D,27D,30D,35D,37D,38D,39D2;. The van der Waals surface area contributed by atoms with Crippen LogP contribution in [-0.2, 0) is 49.1 Å². The van der Waals surface area contributed by atoms with E-state index in [2.05, 4.69) is 11.1 Å². The van der Waals surface area contributed by atoms with E-state index in [-0.39, 0.29) is 95.0 Å². The zero-order valence-corrected chi connectivity index (χ0v) is 41.6. The average Bonchev–Trinajstić information content (AvgIpc) is 0.788. The maximum atomic E-state index is 13.3. The van der Waals surface area contributed by atoms with Gasteiger partial charge in [-0.25, -0.2) is 4.98 Å². The first kappa shape index (κ1) is 26.4. The molecular formula is C63H70N3OPt-. The fourth-order valence-electron chi connectivity index (χ4n) is 7.85. The molecule has 0 unspecified atom stereocenters. The van der Waals surface area contributed by atoms with E-state index in [4.69, 9.17) is 36.5 Å². The molecule has 0 spiro atoms. The van der Waals surface area contributed by atoms with E-state index in [0.29, 0.717) is 16.7 Å². The number of phenolic OH excluding ortho intramolecular Hbond substituents is 1. The summed E-state index contributed by atoms with van der Waals surface area (Å²) in [6.45, 7) is -9.86. The van der Waals surface area contributed by atoms with Crippen LogP contribution in [0, 0.1) is 11.5 Å². The molecule has 68 heavy (non-hydrogen) atoms. The summed E-state index contributed by atoms with van der Waals surface area (Å²) in [4.78, 5) is 9.60. The molecular weight excluding hydrogens is 1010 g/mol. The van der Waals surface area contributed by atoms with Crippen LogP contribution in [0.5, 0.6) is 5.75 Å². The molecule has 2 heterocycles. The van der Waals surface area contributed by atoms with E-state index < -0.39 is 121 Å². The number of para-hydroxylation sites is 1. The van der Waals surface area contributed by atoms with Crippen molar-refractivity contribution in [2.75, 3.05) is 0 Å². The van der Waals surface area contributed by atoms with Gasteiger partial charge in [0.2, 0.25) is 0 Å². The Bertz CT molecular complexity index is 4080. The number of aromatic hydroxyl groups is 1. The van der Waals surface area contributed by atoms with Gasteiger partial charge in [-0.3, -0.25) is 9.55 Å². The fraction of sp³-hybridized carbons (Fsp3) is 0.333. The third-order valence-electron chi connectivity index (χ3n) is 11.3. The molecule has 0 amide bonds. The summed E-state index contributed by atoms with van der Waals surface area (Å²) in [7, 11) is 0. The number of nitrogens with zero attached hydrogens (tertiary/aromatic N) is 3. The number of fused-ring (bicyclic) bond motifs is 1. The van der Waals surface area contributed by atoms with Crippen LogP contribution < -0.4 is 0 Å². The number of imidazole rings is 1. The Morgan fingerprint density at radius 3 is 1.94 bits per heavy atom. The van der Waals surface area contributed by atoms with Gasteiger partial charge < -0.3 is 5.11 Å². The SMILES string of the molecule is [2H]c1cc(C([2H])([2H])C(C)(C)C)cc([2H])c1-c1c([2H])cnc(-c2[c-]c(-c3cccc4c3nc(-c3c([2H])c(C(C([2H])([2H])[2H])(C([2H])([2H])[2H])C([2H])([2H])[2H])c([2H])c(C(C([2H])([2H])[2H])(C([2H])([2H])[2H])C([2H])([2H])[2H])c3O)n4-c3ccc(C(C)(C)C)cc3-c3ccccc3)cc(C(C)(C)C)c2)c1[2H].[Pt]. The maximum Gasteiger partial charge on any atom is 0.148 e. The van der Waals surface area contributed by atoms with E-state index in [9.17, 15) is 9.22 Å². The largest absolute Gasteiger partial charge is 0.507 e. The average molecular weight is 1110 g/mol. The minimum Gasteiger partial charge on any atom is -0.507 e. The Balaban J connectivity index is 0.0000125. The Hall–Kier alpha value is -5.57. The van der Waals surface area contributed by atoms with Gasteiger partial charge in [0.05, 0.1) is 30.5 Å². The zero-order chi connectivity index (χ0) is 70.4. The van der Waals surface area contributed by atoms with Crippen molar-refractivity contribution in [3.63, 3.8) is 0 Å². The monoisotopic (exact) mass is 1110 g/mol. The topological polar surface area (TPSA) is 50.9 Å². The molecule has 1 N–H and O–H groups in total. The number of aromatic nitrogens is 3. The van der Waals surface area contributed by atoms with Crippen LogP contribution in [0.15, 0.2) is 133 Å². The molecule has 8 rings (SSSR count). The second-order valence-electron chi connectivity index (χ2n) is 20.0. The van der Waals surface area contributed by atoms with Gasteiger partial charge in [0, 0.05) is 71.5 Å². The van der Waals surface area contributed by atoms with Crippen molar-refractivity contribution in [3.05, 3.63) is 167 Å². The molecule has 0 fully saturated rings. The Morgan fingerprint density at radius 2 is 1.29 bits per heavy atom. The molecule has 5 heteroatoms. The first-order chi connectivity index (χ1) is 42.0. The normalized spacial score (nSPS) is 19.5. The molecule has 0 saturated carbocycles. The van der Waals surface area contributed by atoms with Crippen molar-refractivity contribution in [2.45, 2.75) is 131 Å². The van der Waals surface area contributed by atoms with Gasteiger partial charge in [-0.05, 0) is 97.1 Å². The van der Waals surface area contributed by atoms with Gasteiger partial charge in [-0.2, -0.15) is 0 Å². The molecule has 2 aromatic heterocycles. The van der Waals surface area contributed by atoms with Gasteiger partial charge >= 0.3 is 0 Å². The van der Waals surface area contributed by atoms with Gasteiger partial charge in [-0.15, -0.1) is 29.3 Å². The summed E-state index contributed by atoms with van der Waals surface area (Å²) in [5.74, 6) is -2.55. The van der Waals surface area contributed by atoms with Crippen LogP contribution in [0.25, 0.3) is 72.7 Å². The smallest absolute Gasteiger partial charge is 0.148 e. The molecule has 354 valence electrons. The maximum absolute atomic E-state index is 13.3. The van der Waals surface area contributed by atoms with E-state index in [1.165, 1.54) is 22.8 Å². The van der Waals surface area contributed by atoms with Gasteiger partial charge in [-0.1, -0.05) is 199 Å². The summed E-state index contributed by atoms with van der Waals surface area (Å²) in [6, 6.07) is 22.7. The van der Waals surface area contributed by atoms with Crippen LogP contribution in [0.4, 0.5) is 0 Å². The van der Waals surface area contributed by atoms with E-state index in [0.717, 1.165) is 11.8 Å². The van der Waals surface area contributed by atoms with Gasteiger partial charge in [0.25, 0.3) is 0 Å². The summed E-state index contributed by atoms with van der Waals surface area (Å²) < 4.78 is 235. The van der Waals surface area contributed by atoms with E-state index >= 15 is 0 Å². The van der Waals surface area contributed by atoms with Gasteiger partial charge in [0.1, 0.15) is 11.6 Å². The van der Waals surface area contributed by atoms with Crippen molar-refractivity contribution < 1.29 is 61.8 Å². The Morgan fingerprint density at radius 1 is 0.618 bits per heavy atom. The second-order valence-corrected chi connectivity index (χ2v) is 20.0. The summed E-state index contributed by atoms with van der Waals surface area (Å²) in [6.07, 6.45) is -0.870. The van der Waals surface area contributed by atoms with Crippen molar-refractivity contribution in [2.24, 2.45) is 5.41 Å². The molecule has 8 aromatic rings. The van der Waals surface area contributed by atoms with Crippen LogP contribution in [0.1, 0.15) is 167 Å². The van der Waals surface area contributed by atoms with Crippen molar-refractivity contribution in [1.29, 1.82) is 0 Å². The van der Waals surface area contributed by atoms with E-state index in [1.54, 1.807) is 87.5 Å². The minimum absolute atomic E-state index is 0. The molecule has 0 atom stereocenters. The number of benzene rings is 6. The quantitative estimate of drug-likeness (QED) is 0.162. The molecule has 0 aliphatic carbocycles. The van der Waals surface area contributed by atoms with Gasteiger partial charge in [0.15, 0.2) is 0 Å². The zero-order valence-electron chi connectivity index (χ0n) is 65.3. The van der Waals surface area contributed by atoms with Crippen LogP contribution >= 0.6 is 0 Å². The molecule has 0 aliphatic rings. The third-order valence-corrected chi connectivity index (χ3v) is 11.3. The van der Waals surface area contributed by atoms with Crippen molar-refractivity contribution >= 4 is 11.0 Å². The number of hydrogen-bond donors (Lipinski definition) is 1. The van der Waals surface area contributed by atoms with Crippen molar-refractivity contribution in [3.8, 4) is 67.5 Å². The number of pyridine rings is 1. The molecule has 0 bridgehead atoms. The first-order valence-electron chi connectivity index (χ1n) is 34.8. The predicted octanol–water partition coefficient (Wildman–Crippen LogP) is 17.0. The third kappa shape index (κ3) is 10.5. The molecule has 6 aromatic carbocycles. The fourth-order valence-corrected chi connectivity index (χ4v) is 7.85. The summed E-state index contributed by atoms with van der Waals surface area (Å²) in [5.41, 5.74) is -14.1. The first-order valence-corrected chi connectivity index (χ1v) is 21.8. The van der Waals surface area contributed by atoms with Crippen LogP contribution in [0.3, 0.4) is 0 Å². The van der Waals surface area contributed by atoms with Crippen LogP contribution in [-0.4, -0.2) is 19.6 Å². The molecule has 0 radical (unpaired) electrons. The molecule has 4 nitrogen and oxygen atoms in total. The number of hydrogen-bond acceptors (Lipinski definition) is 3. The summed E-state index contributed by atoms with van der Waals surface area (Å²) in [5, 5.41) is 13.3. The molecule has 0 saturated heterocycles. The van der Waals surface area contributed by atoms with Crippen molar-refractivity contribution in [1.82, 2.24) is 14.5 Å². The summed E-state index contributed by atoms with van der Waals surface area (Å²) >= 11 is 0. The molecule has 0 aliphatic heterocycles. The number of rotatable bonds is 7. The second kappa shape index (κ2) is 18.4. The predicted molar refractivity (Wildman–Crippen MR) is 285 cm³/mol. The van der Waals surface area contributed by atoms with E-state index in [1.807, 2.05) is 47.6 Å². The minimum atomic E-state index is -4.50.